The van der Waals surface area contributed by atoms with Gasteiger partial charge in [0.1, 0.15) is 0 Å². The molecule has 252 valence electrons. The van der Waals surface area contributed by atoms with Crippen molar-refractivity contribution in [2.75, 3.05) is 0 Å². The van der Waals surface area contributed by atoms with Gasteiger partial charge in [-0.05, 0) is 77.8 Å². The minimum atomic E-state index is 0.802. The van der Waals surface area contributed by atoms with Crippen LogP contribution in [-0.2, 0) is 6.42 Å². The molecule has 6 aromatic carbocycles. The lowest BCUT2D eigenvalue weighted by Gasteiger charge is -2.01. The maximum atomic E-state index is 2.31. The van der Waals surface area contributed by atoms with Crippen molar-refractivity contribution in [2.24, 2.45) is 0 Å². The summed E-state index contributed by atoms with van der Waals surface area (Å²) in [7, 11) is 0. The number of hydrogen-bond donors (Lipinski definition) is 0. The second-order valence-electron chi connectivity index (χ2n) is 10.4. The Morgan fingerprint density at radius 1 is 0.426 bits per heavy atom. The monoisotopic (exact) mass is 629 g/mol. The smallest absolute Gasteiger partial charge is 0.0155 e. The Bertz CT molecular complexity index is 1580. The van der Waals surface area contributed by atoms with Gasteiger partial charge in [0, 0.05) is 0 Å². The van der Waals surface area contributed by atoms with E-state index in [4.69, 9.17) is 0 Å². The molecule has 1 aliphatic carbocycles. The van der Waals surface area contributed by atoms with Crippen molar-refractivity contribution in [3.05, 3.63) is 167 Å². The van der Waals surface area contributed by atoms with E-state index >= 15 is 0 Å². The van der Waals surface area contributed by atoms with E-state index < -0.39 is 0 Å². The molecule has 0 heteroatoms. The fourth-order valence-electron chi connectivity index (χ4n) is 5.00. The van der Waals surface area contributed by atoms with Crippen molar-refractivity contribution in [1.82, 2.24) is 0 Å². The fraction of sp³-hybridized carbons (Fsp3) is 0.319. The predicted octanol–water partition coefficient (Wildman–Crippen LogP) is 15.1. The van der Waals surface area contributed by atoms with Gasteiger partial charge < -0.3 is 0 Å². The SMILES string of the molecule is CC.CC.CC.CC.CC1CCc2ccccc21.Cc1ccc2ccccc2c1.Cc1cccc2ccccc12.Cc1ccccc1. The molecule has 7 rings (SSSR count). The Kier molecular flexibility index (Phi) is 24.6. The zero-order valence-electron chi connectivity index (χ0n) is 31.8. The maximum Gasteiger partial charge on any atom is -0.0155 e. The van der Waals surface area contributed by atoms with Gasteiger partial charge in [0.2, 0.25) is 0 Å². The summed E-state index contributed by atoms with van der Waals surface area (Å²) >= 11 is 0. The molecule has 0 amide bonds. The second-order valence-corrected chi connectivity index (χ2v) is 10.4. The van der Waals surface area contributed by atoms with E-state index in [2.05, 4.69) is 149 Å². The Morgan fingerprint density at radius 3 is 1.51 bits per heavy atom. The fourth-order valence-corrected chi connectivity index (χ4v) is 5.00. The summed E-state index contributed by atoms with van der Waals surface area (Å²) in [6, 6.07) is 48.8. The van der Waals surface area contributed by atoms with Crippen LogP contribution in [-0.4, -0.2) is 0 Å². The average Bonchev–Trinajstić information content (AvgIpc) is 3.53. The first-order chi connectivity index (χ1) is 23.0. The standard InChI is InChI=1S/2C11H10.C10H12.C7H8.4C2H6/c1-9-5-4-7-10-6-2-3-8-11(9)10;1-9-6-7-10-4-2-3-5-11(10)8-9;1-8-6-7-9-4-2-3-5-10(8)9;1-7-5-3-2-4-6-7;4*1-2/h2*2-8H,1H3;2-5,8H,6-7H2,1H3;2-6H,1H3;4*1-2H3. The molecule has 1 aliphatic rings. The first-order valence-corrected chi connectivity index (χ1v) is 18.0. The minimum absolute atomic E-state index is 0.802. The average molecular weight is 629 g/mol. The van der Waals surface area contributed by atoms with Crippen LogP contribution in [0, 0.1) is 20.8 Å². The largest absolute Gasteiger partial charge is 0.0683 e. The van der Waals surface area contributed by atoms with Gasteiger partial charge in [-0.3, -0.25) is 0 Å². The molecule has 0 saturated heterocycles. The van der Waals surface area contributed by atoms with E-state index in [0.29, 0.717) is 0 Å². The summed E-state index contributed by atoms with van der Waals surface area (Å²) in [6.07, 6.45) is 2.64. The van der Waals surface area contributed by atoms with Gasteiger partial charge in [-0.2, -0.15) is 0 Å². The van der Waals surface area contributed by atoms with E-state index in [1.54, 1.807) is 11.1 Å². The topological polar surface area (TPSA) is 0 Å². The van der Waals surface area contributed by atoms with E-state index in [0.717, 1.165) is 5.92 Å². The molecule has 0 fully saturated rings. The molecule has 0 aromatic heterocycles. The van der Waals surface area contributed by atoms with Crippen LogP contribution in [0.4, 0.5) is 0 Å². The predicted molar refractivity (Wildman–Crippen MR) is 217 cm³/mol. The van der Waals surface area contributed by atoms with Gasteiger partial charge >= 0.3 is 0 Å². The highest BCUT2D eigenvalue weighted by atomic mass is 14.2. The van der Waals surface area contributed by atoms with Gasteiger partial charge in [0.25, 0.3) is 0 Å². The Hall–Kier alpha value is -4.16. The quantitative estimate of drug-likeness (QED) is 0.157. The highest BCUT2D eigenvalue weighted by Crippen LogP contribution is 2.31. The number of benzene rings is 6. The third-order valence-electron chi connectivity index (χ3n) is 7.29. The van der Waals surface area contributed by atoms with E-state index in [1.165, 1.54) is 51.1 Å². The highest BCUT2D eigenvalue weighted by molar-refractivity contribution is 5.85. The zero-order chi connectivity index (χ0) is 35.5. The van der Waals surface area contributed by atoms with Gasteiger partial charge in [-0.1, -0.05) is 213 Å². The molecule has 47 heavy (non-hydrogen) atoms. The molecule has 0 bridgehead atoms. The van der Waals surface area contributed by atoms with Crippen molar-refractivity contribution in [3.8, 4) is 0 Å². The molecule has 1 atom stereocenters. The molecule has 0 spiro atoms. The third-order valence-corrected chi connectivity index (χ3v) is 7.29. The summed E-state index contributed by atoms with van der Waals surface area (Å²) in [4.78, 5) is 0. The molecule has 0 saturated carbocycles. The van der Waals surface area contributed by atoms with Crippen LogP contribution in [0.3, 0.4) is 0 Å². The molecule has 6 aromatic rings. The van der Waals surface area contributed by atoms with Crippen molar-refractivity contribution < 1.29 is 0 Å². The minimum Gasteiger partial charge on any atom is -0.0683 e. The van der Waals surface area contributed by atoms with E-state index in [-0.39, 0.29) is 0 Å². The molecular weight excluding hydrogens is 565 g/mol. The summed E-state index contributed by atoms with van der Waals surface area (Å²) in [5, 5.41) is 5.33. The third kappa shape index (κ3) is 15.8. The summed E-state index contributed by atoms with van der Waals surface area (Å²) in [5.41, 5.74) is 7.13. The van der Waals surface area contributed by atoms with Crippen molar-refractivity contribution in [2.45, 2.75) is 102 Å². The molecule has 0 aliphatic heterocycles. The highest BCUT2D eigenvalue weighted by Gasteiger charge is 2.16. The van der Waals surface area contributed by atoms with Crippen LogP contribution < -0.4 is 0 Å². The van der Waals surface area contributed by atoms with Crippen LogP contribution >= 0.6 is 0 Å². The molecule has 1 unspecified atom stereocenters. The summed E-state index contributed by atoms with van der Waals surface area (Å²) in [5.74, 6) is 0.802. The van der Waals surface area contributed by atoms with Crippen molar-refractivity contribution in [1.29, 1.82) is 0 Å². The Labute approximate surface area is 289 Å². The van der Waals surface area contributed by atoms with Gasteiger partial charge in [0.05, 0.1) is 0 Å². The molecule has 0 heterocycles. The Morgan fingerprint density at radius 2 is 0.936 bits per heavy atom. The van der Waals surface area contributed by atoms with Crippen molar-refractivity contribution >= 4 is 21.5 Å². The first kappa shape index (κ1) is 42.8. The Balaban J connectivity index is 0.000000565. The number of fused-ring (bicyclic) bond motifs is 3. The zero-order valence-corrected chi connectivity index (χ0v) is 31.8. The first-order valence-electron chi connectivity index (χ1n) is 18.0. The maximum absolute atomic E-state index is 2.31. The molecule has 0 radical (unpaired) electrons. The van der Waals surface area contributed by atoms with Crippen LogP contribution in [0.2, 0.25) is 0 Å². The number of rotatable bonds is 0. The second kappa shape index (κ2) is 27.0. The number of aryl methyl sites for hydroxylation is 4. The van der Waals surface area contributed by atoms with Crippen LogP contribution in [0.15, 0.2) is 140 Å². The molecule has 0 nitrogen and oxygen atoms in total. The van der Waals surface area contributed by atoms with Crippen molar-refractivity contribution in [3.63, 3.8) is 0 Å². The van der Waals surface area contributed by atoms with E-state index in [9.17, 15) is 0 Å². The lowest BCUT2D eigenvalue weighted by Crippen LogP contribution is -1.83. The van der Waals surface area contributed by atoms with Gasteiger partial charge in [0.15, 0.2) is 0 Å². The van der Waals surface area contributed by atoms with Crippen LogP contribution in [0.5, 0.6) is 0 Å². The summed E-state index contributed by atoms with van der Waals surface area (Å²) in [6.45, 7) is 24.7. The normalized spacial score (nSPS) is 11.4. The molecular formula is C47H64. The van der Waals surface area contributed by atoms with Crippen LogP contribution in [0.25, 0.3) is 21.5 Å². The lowest BCUT2D eigenvalue weighted by atomic mass is 10.0. The molecule has 0 N–H and O–H groups in total. The van der Waals surface area contributed by atoms with Crippen LogP contribution in [0.1, 0.15) is 102 Å². The number of hydrogen-bond acceptors (Lipinski definition) is 0. The van der Waals surface area contributed by atoms with Gasteiger partial charge in [-0.15, -0.1) is 0 Å². The van der Waals surface area contributed by atoms with E-state index in [1.807, 2.05) is 73.6 Å². The van der Waals surface area contributed by atoms with Gasteiger partial charge in [-0.25, -0.2) is 0 Å². The summed E-state index contributed by atoms with van der Waals surface area (Å²) < 4.78 is 0. The lowest BCUT2D eigenvalue weighted by molar-refractivity contribution is 0.747.